The summed E-state index contributed by atoms with van der Waals surface area (Å²) in [6.45, 7) is 10.4. The van der Waals surface area contributed by atoms with Crippen molar-refractivity contribution in [3.05, 3.63) is 29.8 Å². The number of amides is 1. The summed E-state index contributed by atoms with van der Waals surface area (Å²) in [6.07, 6.45) is 1.90. The van der Waals surface area contributed by atoms with Crippen LogP contribution in [-0.2, 0) is 11.3 Å². The molecule has 0 spiro atoms. The molecule has 0 fully saturated rings. The van der Waals surface area contributed by atoms with Crippen LogP contribution in [0.5, 0.6) is 0 Å². The lowest BCUT2D eigenvalue weighted by Gasteiger charge is -2.12. The lowest BCUT2D eigenvalue weighted by molar-refractivity contribution is -0.119. The van der Waals surface area contributed by atoms with E-state index in [0.717, 1.165) is 43.1 Å². The molecule has 0 aliphatic carbocycles. The summed E-state index contributed by atoms with van der Waals surface area (Å²) >= 11 is 0. The van der Waals surface area contributed by atoms with Gasteiger partial charge in [0.05, 0.1) is 6.54 Å². The lowest BCUT2D eigenvalue weighted by Crippen LogP contribution is -2.37. The third kappa shape index (κ3) is 8.52. The summed E-state index contributed by atoms with van der Waals surface area (Å²) in [5.74, 6) is 0.907. The van der Waals surface area contributed by atoms with Gasteiger partial charge in [-0.1, -0.05) is 32.9 Å². The number of nitrogens with one attached hydrogen (secondary N) is 3. The Morgan fingerprint density at radius 3 is 2.58 bits per heavy atom. The number of hydrogen-bond acceptors (Lipinski definition) is 2. The fraction of sp³-hybridized carbons (Fsp3) is 0.556. The predicted molar refractivity (Wildman–Crippen MR) is 113 cm³/mol. The van der Waals surface area contributed by atoms with Gasteiger partial charge in [-0.2, -0.15) is 0 Å². The normalized spacial score (nSPS) is 12.1. The van der Waals surface area contributed by atoms with Crippen LogP contribution in [0.1, 0.15) is 46.1 Å². The first-order valence-electron chi connectivity index (χ1n) is 8.52. The Labute approximate surface area is 163 Å². The molecule has 0 saturated heterocycles. The van der Waals surface area contributed by atoms with E-state index in [-0.39, 0.29) is 35.8 Å². The Morgan fingerprint density at radius 2 is 1.96 bits per heavy atom. The van der Waals surface area contributed by atoms with Crippen LogP contribution in [0, 0.1) is 5.92 Å². The van der Waals surface area contributed by atoms with Crippen molar-refractivity contribution in [3.63, 3.8) is 0 Å². The van der Waals surface area contributed by atoms with Crippen LogP contribution in [-0.4, -0.2) is 25.0 Å². The van der Waals surface area contributed by atoms with Crippen LogP contribution in [0.15, 0.2) is 29.3 Å². The van der Waals surface area contributed by atoms with E-state index in [1.54, 1.807) is 0 Å². The van der Waals surface area contributed by atoms with Crippen molar-refractivity contribution in [3.8, 4) is 0 Å². The largest absolute Gasteiger partial charge is 0.357 e. The molecule has 1 aromatic carbocycles. The fourth-order valence-electron chi connectivity index (χ4n) is 1.95. The van der Waals surface area contributed by atoms with Gasteiger partial charge in [-0.05, 0) is 37.5 Å². The maximum absolute atomic E-state index is 12.0. The van der Waals surface area contributed by atoms with Gasteiger partial charge in [0.1, 0.15) is 0 Å². The zero-order valence-corrected chi connectivity index (χ0v) is 17.5. The minimum Gasteiger partial charge on any atom is -0.357 e. The number of aliphatic imine (C=N–C) groups is 1. The Kier molecular flexibility index (Phi) is 12.3. The summed E-state index contributed by atoms with van der Waals surface area (Å²) < 4.78 is 0. The topological polar surface area (TPSA) is 65.5 Å². The molecule has 6 heteroatoms. The first-order valence-corrected chi connectivity index (χ1v) is 8.52. The van der Waals surface area contributed by atoms with Gasteiger partial charge in [0.2, 0.25) is 5.91 Å². The average molecular weight is 446 g/mol. The van der Waals surface area contributed by atoms with Crippen LogP contribution in [0.2, 0.25) is 0 Å². The number of carbonyl (C=O) groups excluding carboxylic acids is 1. The molecular weight excluding hydrogens is 415 g/mol. The Morgan fingerprint density at radius 1 is 1.21 bits per heavy atom. The summed E-state index contributed by atoms with van der Waals surface area (Å²) in [5.41, 5.74) is 1.90. The van der Waals surface area contributed by atoms with Crippen molar-refractivity contribution < 1.29 is 4.79 Å². The van der Waals surface area contributed by atoms with Gasteiger partial charge in [0.15, 0.2) is 5.96 Å². The second-order valence-corrected chi connectivity index (χ2v) is 5.62. The maximum atomic E-state index is 12.0. The third-order valence-corrected chi connectivity index (χ3v) is 3.56. The number of rotatable bonds is 8. The maximum Gasteiger partial charge on any atom is 0.227 e. The standard InChI is InChI=1S/C18H30N4O.HI/c1-5-11-20-18(19-7-3)21-13-15-9-8-10-16(12-15)22-17(23)14(4)6-2;/h8-10,12,14H,5-7,11,13H2,1-4H3,(H,22,23)(H2,19,20,21);1H. The molecule has 0 aliphatic rings. The summed E-state index contributed by atoms with van der Waals surface area (Å²) in [7, 11) is 0. The molecule has 0 radical (unpaired) electrons. The molecule has 136 valence electrons. The number of nitrogens with zero attached hydrogens (tertiary/aromatic N) is 1. The molecular formula is C18H31IN4O. The SMILES string of the molecule is CCCNC(=NCc1cccc(NC(=O)C(C)CC)c1)NCC.I. The van der Waals surface area contributed by atoms with Gasteiger partial charge >= 0.3 is 0 Å². The molecule has 1 rings (SSSR count). The summed E-state index contributed by atoms with van der Waals surface area (Å²) in [5, 5.41) is 9.47. The molecule has 3 N–H and O–H groups in total. The number of guanidine groups is 1. The van der Waals surface area contributed by atoms with Gasteiger partial charge in [-0.3, -0.25) is 4.79 Å². The van der Waals surface area contributed by atoms with Gasteiger partial charge in [0, 0.05) is 24.7 Å². The van der Waals surface area contributed by atoms with Crippen LogP contribution >= 0.6 is 24.0 Å². The summed E-state index contributed by atoms with van der Waals surface area (Å²) in [6, 6.07) is 7.86. The number of benzene rings is 1. The number of anilines is 1. The molecule has 1 unspecified atom stereocenters. The highest BCUT2D eigenvalue weighted by atomic mass is 127. The average Bonchev–Trinajstić information content (AvgIpc) is 2.56. The van der Waals surface area contributed by atoms with E-state index in [2.05, 4.69) is 27.9 Å². The molecule has 1 aromatic rings. The van der Waals surface area contributed by atoms with Crippen LogP contribution in [0.4, 0.5) is 5.69 Å². The number of hydrogen-bond donors (Lipinski definition) is 3. The molecule has 0 bridgehead atoms. The third-order valence-electron chi connectivity index (χ3n) is 3.56. The van der Waals surface area contributed by atoms with Gasteiger partial charge in [-0.15, -0.1) is 24.0 Å². The van der Waals surface area contributed by atoms with Crippen molar-refractivity contribution in [1.82, 2.24) is 10.6 Å². The van der Waals surface area contributed by atoms with Crippen LogP contribution in [0.25, 0.3) is 0 Å². The van der Waals surface area contributed by atoms with E-state index in [1.807, 2.05) is 45.0 Å². The molecule has 24 heavy (non-hydrogen) atoms. The van der Waals surface area contributed by atoms with Crippen molar-refractivity contribution in [2.24, 2.45) is 10.9 Å². The van der Waals surface area contributed by atoms with Gasteiger partial charge < -0.3 is 16.0 Å². The van der Waals surface area contributed by atoms with Crippen LogP contribution < -0.4 is 16.0 Å². The highest BCUT2D eigenvalue weighted by molar-refractivity contribution is 14.0. The second kappa shape index (κ2) is 13.0. The molecule has 1 atom stereocenters. The lowest BCUT2D eigenvalue weighted by atomic mass is 10.1. The van der Waals surface area contributed by atoms with Crippen molar-refractivity contribution in [2.75, 3.05) is 18.4 Å². The Balaban J connectivity index is 0.00000529. The quantitative estimate of drug-likeness (QED) is 0.324. The zero-order chi connectivity index (χ0) is 17.1. The van der Waals surface area contributed by atoms with Crippen molar-refractivity contribution in [2.45, 2.75) is 47.1 Å². The van der Waals surface area contributed by atoms with E-state index >= 15 is 0 Å². The summed E-state index contributed by atoms with van der Waals surface area (Å²) in [4.78, 5) is 16.5. The van der Waals surface area contributed by atoms with Crippen LogP contribution in [0.3, 0.4) is 0 Å². The van der Waals surface area contributed by atoms with E-state index in [4.69, 9.17) is 0 Å². The van der Waals surface area contributed by atoms with E-state index in [9.17, 15) is 4.79 Å². The highest BCUT2D eigenvalue weighted by Crippen LogP contribution is 2.13. The smallest absolute Gasteiger partial charge is 0.227 e. The Hall–Kier alpha value is -1.31. The molecule has 0 heterocycles. The van der Waals surface area contributed by atoms with Crippen molar-refractivity contribution >= 4 is 41.5 Å². The Bertz CT molecular complexity index is 519. The minimum absolute atomic E-state index is 0. The predicted octanol–water partition coefficient (Wildman–Crippen LogP) is 3.75. The second-order valence-electron chi connectivity index (χ2n) is 5.62. The molecule has 0 aromatic heterocycles. The molecule has 0 aliphatic heterocycles. The first kappa shape index (κ1) is 22.7. The zero-order valence-electron chi connectivity index (χ0n) is 15.2. The van der Waals surface area contributed by atoms with E-state index in [1.165, 1.54) is 0 Å². The van der Waals surface area contributed by atoms with E-state index in [0.29, 0.717) is 6.54 Å². The first-order chi connectivity index (χ1) is 11.1. The molecule has 1 amide bonds. The number of halogens is 1. The fourth-order valence-corrected chi connectivity index (χ4v) is 1.95. The minimum atomic E-state index is 0. The van der Waals surface area contributed by atoms with E-state index < -0.39 is 0 Å². The van der Waals surface area contributed by atoms with Gasteiger partial charge in [-0.25, -0.2) is 4.99 Å². The monoisotopic (exact) mass is 446 g/mol. The highest BCUT2D eigenvalue weighted by Gasteiger charge is 2.10. The van der Waals surface area contributed by atoms with Crippen molar-refractivity contribution in [1.29, 1.82) is 0 Å². The number of carbonyl (C=O) groups is 1. The molecule has 5 nitrogen and oxygen atoms in total. The molecule has 0 saturated carbocycles. The van der Waals surface area contributed by atoms with Gasteiger partial charge in [0.25, 0.3) is 0 Å².